The molecule has 2 nitrogen and oxygen atoms in total. The lowest BCUT2D eigenvalue weighted by Crippen LogP contribution is -2.23. The van der Waals surface area contributed by atoms with Crippen LogP contribution < -0.4 is 0 Å². The van der Waals surface area contributed by atoms with Crippen molar-refractivity contribution in [2.45, 2.75) is 46.7 Å². The lowest BCUT2D eigenvalue weighted by atomic mass is 10.3. The lowest BCUT2D eigenvalue weighted by molar-refractivity contribution is 0.287. The zero-order chi connectivity index (χ0) is 11.1. The van der Waals surface area contributed by atoms with Gasteiger partial charge in [0.15, 0.2) is 0 Å². The van der Waals surface area contributed by atoms with Crippen LogP contribution in [0.25, 0.3) is 0 Å². The summed E-state index contributed by atoms with van der Waals surface area (Å²) in [5.41, 5.74) is 1.45. The summed E-state index contributed by atoms with van der Waals surface area (Å²) < 4.78 is 2.39. The van der Waals surface area contributed by atoms with E-state index in [1.165, 1.54) is 25.1 Å². The number of unbranched alkanes of at least 4 members (excludes halogenated alkanes) is 1. The molecule has 2 heteroatoms. The van der Waals surface area contributed by atoms with E-state index in [2.05, 4.69) is 48.6 Å². The molecule has 0 fully saturated rings. The Balaban J connectivity index is 2.55. The molecule has 0 aliphatic rings. The fraction of sp³-hybridized carbons (Fsp3) is 0.692. The van der Waals surface area contributed by atoms with Gasteiger partial charge in [-0.1, -0.05) is 27.2 Å². The molecular weight excluding hydrogens is 184 g/mol. The Morgan fingerprint density at radius 1 is 1.20 bits per heavy atom. The van der Waals surface area contributed by atoms with E-state index in [0.29, 0.717) is 0 Å². The van der Waals surface area contributed by atoms with E-state index in [9.17, 15) is 0 Å². The summed E-state index contributed by atoms with van der Waals surface area (Å²) >= 11 is 0. The minimum absolute atomic E-state index is 1.09. The Bertz CT molecular complexity index is 261. The van der Waals surface area contributed by atoms with E-state index >= 15 is 0 Å². The molecule has 0 radical (unpaired) electrons. The first-order valence-electron chi connectivity index (χ1n) is 6.18. The van der Waals surface area contributed by atoms with Gasteiger partial charge >= 0.3 is 0 Å². The van der Waals surface area contributed by atoms with E-state index in [1.54, 1.807) is 0 Å². The van der Waals surface area contributed by atoms with Crippen molar-refractivity contribution in [2.24, 2.45) is 0 Å². The fourth-order valence-corrected chi connectivity index (χ4v) is 1.82. The third-order valence-corrected chi connectivity index (χ3v) is 2.96. The van der Waals surface area contributed by atoms with Gasteiger partial charge in [0.1, 0.15) is 0 Å². The first kappa shape index (κ1) is 12.3. The molecule has 0 aliphatic carbocycles. The molecule has 0 spiro atoms. The highest BCUT2D eigenvalue weighted by atomic mass is 15.1. The van der Waals surface area contributed by atoms with Crippen molar-refractivity contribution in [3.05, 3.63) is 24.0 Å². The summed E-state index contributed by atoms with van der Waals surface area (Å²) in [5, 5.41) is 0. The number of aromatic nitrogens is 1. The van der Waals surface area contributed by atoms with Gasteiger partial charge in [-0.05, 0) is 31.6 Å². The molecule has 86 valence electrons. The molecule has 0 aromatic carbocycles. The molecule has 15 heavy (non-hydrogen) atoms. The topological polar surface area (TPSA) is 8.17 Å². The monoisotopic (exact) mass is 208 g/mol. The average molecular weight is 208 g/mol. The molecule has 0 N–H and O–H groups in total. The lowest BCUT2D eigenvalue weighted by Gasteiger charge is -2.19. The van der Waals surface area contributed by atoms with Crippen molar-refractivity contribution < 1.29 is 0 Å². The van der Waals surface area contributed by atoms with Gasteiger partial charge in [-0.2, -0.15) is 0 Å². The van der Waals surface area contributed by atoms with Crippen molar-refractivity contribution in [1.82, 2.24) is 9.47 Å². The average Bonchev–Trinajstić information content (AvgIpc) is 2.70. The van der Waals surface area contributed by atoms with Gasteiger partial charge in [0, 0.05) is 25.0 Å². The Morgan fingerprint density at radius 3 is 2.53 bits per heavy atom. The predicted octanol–water partition coefficient (Wildman–Crippen LogP) is 3.13. The molecule has 0 saturated carbocycles. The molecule has 1 heterocycles. The Morgan fingerprint density at radius 2 is 1.93 bits per heavy atom. The summed E-state index contributed by atoms with van der Waals surface area (Å²) in [6.45, 7) is 11.2. The summed E-state index contributed by atoms with van der Waals surface area (Å²) in [7, 11) is 0. The normalized spacial score (nSPS) is 11.2. The zero-order valence-corrected chi connectivity index (χ0v) is 10.4. The largest absolute Gasteiger partial charge is 0.350 e. The first-order valence-corrected chi connectivity index (χ1v) is 6.18. The van der Waals surface area contributed by atoms with Crippen LogP contribution in [-0.2, 0) is 13.1 Å². The van der Waals surface area contributed by atoms with Crippen LogP contribution in [0.4, 0.5) is 0 Å². The van der Waals surface area contributed by atoms with Crippen LogP contribution in [0.2, 0.25) is 0 Å². The molecule has 0 atom stereocenters. The number of hydrogen-bond acceptors (Lipinski definition) is 1. The summed E-state index contributed by atoms with van der Waals surface area (Å²) in [6, 6.07) is 4.41. The summed E-state index contributed by atoms with van der Waals surface area (Å²) in [4.78, 5) is 2.46. The number of hydrogen-bond donors (Lipinski definition) is 0. The first-order chi connectivity index (χ1) is 7.31. The van der Waals surface area contributed by atoms with Gasteiger partial charge in [-0.3, -0.25) is 4.90 Å². The second-order valence-electron chi connectivity index (χ2n) is 4.01. The standard InChI is InChI=1S/C13H24N2/c1-4-7-10-15-11-8-9-13(15)12-14(5-2)6-3/h8-9,11H,4-7,10,12H2,1-3H3. The van der Waals surface area contributed by atoms with Crippen molar-refractivity contribution in [1.29, 1.82) is 0 Å². The number of rotatable bonds is 7. The van der Waals surface area contributed by atoms with Crippen molar-refractivity contribution in [2.75, 3.05) is 13.1 Å². The highest BCUT2D eigenvalue weighted by molar-refractivity contribution is 5.07. The molecule has 0 aliphatic heterocycles. The fourth-order valence-electron chi connectivity index (χ4n) is 1.82. The Labute approximate surface area is 93.9 Å². The van der Waals surface area contributed by atoms with Crippen molar-refractivity contribution >= 4 is 0 Å². The molecule has 0 bridgehead atoms. The molecular formula is C13H24N2. The highest BCUT2D eigenvalue weighted by Crippen LogP contribution is 2.08. The van der Waals surface area contributed by atoms with E-state index in [0.717, 1.165) is 19.6 Å². The van der Waals surface area contributed by atoms with Crippen LogP contribution in [0.5, 0.6) is 0 Å². The van der Waals surface area contributed by atoms with Gasteiger partial charge in [0.25, 0.3) is 0 Å². The molecule has 1 rings (SSSR count). The van der Waals surface area contributed by atoms with Crippen LogP contribution in [0.1, 0.15) is 39.3 Å². The van der Waals surface area contributed by atoms with Gasteiger partial charge in [0.05, 0.1) is 0 Å². The number of aryl methyl sites for hydroxylation is 1. The number of nitrogens with zero attached hydrogens (tertiary/aromatic N) is 2. The highest BCUT2D eigenvalue weighted by Gasteiger charge is 2.04. The smallest absolute Gasteiger partial charge is 0.0386 e. The molecule has 1 aromatic heterocycles. The third kappa shape index (κ3) is 3.71. The van der Waals surface area contributed by atoms with Gasteiger partial charge < -0.3 is 4.57 Å². The Hall–Kier alpha value is -0.760. The van der Waals surface area contributed by atoms with Crippen LogP contribution >= 0.6 is 0 Å². The van der Waals surface area contributed by atoms with Crippen LogP contribution in [0.3, 0.4) is 0 Å². The maximum absolute atomic E-state index is 2.46. The maximum atomic E-state index is 2.46. The second-order valence-corrected chi connectivity index (χ2v) is 4.01. The minimum atomic E-state index is 1.09. The molecule has 0 unspecified atom stereocenters. The Kier molecular flexibility index (Phi) is 5.48. The van der Waals surface area contributed by atoms with Crippen LogP contribution in [-0.4, -0.2) is 22.6 Å². The molecule has 0 saturated heterocycles. The predicted molar refractivity (Wildman–Crippen MR) is 66.0 cm³/mol. The minimum Gasteiger partial charge on any atom is -0.350 e. The SMILES string of the molecule is CCCCn1cccc1CN(CC)CC. The summed E-state index contributed by atoms with van der Waals surface area (Å²) in [5.74, 6) is 0. The van der Waals surface area contributed by atoms with E-state index in [4.69, 9.17) is 0 Å². The van der Waals surface area contributed by atoms with Crippen molar-refractivity contribution in [3.63, 3.8) is 0 Å². The molecule has 0 amide bonds. The van der Waals surface area contributed by atoms with E-state index < -0.39 is 0 Å². The van der Waals surface area contributed by atoms with E-state index in [1.807, 2.05) is 0 Å². The van der Waals surface area contributed by atoms with Crippen LogP contribution in [0, 0.1) is 0 Å². The van der Waals surface area contributed by atoms with Crippen molar-refractivity contribution in [3.8, 4) is 0 Å². The maximum Gasteiger partial charge on any atom is 0.0386 e. The molecule has 1 aromatic rings. The zero-order valence-electron chi connectivity index (χ0n) is 10.4. The van der Waals surface area contributed by atoms with Gasteiger partial charge in [0.2, 0.25) is 0 Å². The van der Waals surface area contributed by atoms with E-state index in [-0.39, 0.29) is 0 Å². The second kappa shape index (κ2) is 6.67. The van der Waals surface area contributed by atoms with Gasteiger partial charge in [-0.25, -0.2) is 0 Å². The summed E-state index contributed by atoms with van der Waals surface area (Å²) in [6.07, 6.45) is 4.75. The third-order valence-electron chi connectivity index (χ3n) is 2.96. The quantitative estimate of drug-likeness (QED) is 0.668. The van der Waals surface area contributed by atoms with Gasteiger partial charge in [-0.15, -0.1) is 0 Å². The van der Waals surface area contributed by atoms with Crippen LogP contribution in [0.15, 0.2) is 18.3 Å².